The summed E-state index contributed by atoms with van der Waals surface area (Å²) >= 11 is 0. The minimum atomic E-state index is -3.58. The van der Waals surface area contributed by atoms with Gasteiger partial charge in [-0.1, -0.05) is 12.1 Å². The van der Waals surface area contributed by atoms with Crippen LogP contribution in [0.15, 0.2) is 47.4 Å². The van der Waals surface area contributed by atoms with Gasteiger partial charge in [-0.25, -0.2) is 13.1 Å². The number of sulfonamides is 1. The third-order valence-corrected chi connectivity index (χ3v) is 5.75. The van der Waals surface area contributed by atoms with Crippen molar-refractivity contribution >= 4 is 27.5 Å². The van der Waals surface area contributed by atoms with Gasteiger partial charge in [0.1, 0.15) is 0 Å². The van der Waals surface area contributed by atoms with Crippen LogP contribution in [0.2, 0.25) is 0 Å². The Kier molecular flexibility index (Phi) is 6.08. The van der Waals surface area contributed by atoms with Crippen molar-refractivity contribution in [2.45, 2.75) is 17.9 Å². The third-order valence-electron chi connectivity index (χ3n) is 4.28. The second-order valence-corrected chi connectivity index (χ2v) is 8.08. The standard InChI is InChI=1S/C19H21N3O5S/c1-27-9-8-21-28(25,26)16-5-2-13(3-6-16)12-20-19(24)14-4-7-17-15(10-14)11-18(23)22-17/h2-7,10,21H,8-9,11-12H2,1H3,(H,20,24)(H,22,23). The second-order valence-electron chi connectivity index (χ2n) is 6.31. The molecule has 0 fully saturated rings. The highest BCUT2D eigenvalue weighted by Crippen LogP contribution is 2.23. The first kappa shape index (κ1) is 20.0. The SMILES string of the molecule is COCCNS(=O)(=O)c1ccc(CNC(=O)c2ccc3c(c2)CC(=O)N3)cc1. The first-order valence-electron chi connectivity index (χ1n) is 8.67. The number of ether oxygens (including phenoxy) is 1. The fourth-order valence-corrected chi connectivity index (χ4v) is 3.82. The molecule has 1 heterocycles. The highest BCUT2D eigenvalue weighted by atomic mass is 32.2. The molecule has 2 aromatic carbocycles. The minimum absolute atomic E-state index is 0.0840. The molecule has 0 bridgehead atoms. The van der Waals surface area contributed by atoms with Gasteiger partial charge in [-0.15, -0.1) is 0 Å². The van der Waals surface area contributed by atoms with Gasteiger partial charge in [0.05, 0.1) is 17.9 Å². The van der Waals surface area contributed by atoms with Crippen LogP contribution in [0.1, 0.15) is 21.5 Å². The van der Waals surface area contributed by atoms with Crippen LogP contribution in [0.5, 0.6) is 0 Å². The molecule has 1 aliphatic rings. The van der Waals surface area contributed by atoms with Crippen molar-refractivity contribution in [1.29, 1.82) is 0 Å². The first-order valence-corrected chi connectivity index (χ1v) is 10.2. The smallest absolute Gasteiger partial charge is 0.251 e. The number of methoxy groups -OCH3 is 1. The molecule has 148 valence electrons. The summed E-state index contributed by atoms with van der Waals surface area (Å²) in [6.45, 7) is 0.735. The number of nitrogens with one attached hydrogen (secondary N) is 3. The van der Waals surface area contributed by atoms with E-state index >= 15 is 0 Å². The van der Waals surface area contributed by atoms with E-state index in [2.05, 4.69) is 15.4 Å². The van der Waals surface area contributed by atoms with E-state index in [1.807, 2.05) is 0 Å². The van der Waals surface area contributed by atoms with Crippen LogP contribution in [0.25, 0.3) is 0 Å². The van der Waals surface area contributed by atoms with Crippen molar-refractivity contribution in [3.63, 3.8) is 0 Å². The van der Waals surface area contributed by atoms with Crippen LogP contribution in [0.4, 0.5) is 5.69 Å². The number of hydrogen-bond acceptors (Lipinski definition) is 5. The molecule has 0 atom stereocenters. The van der Waals surface area contributed by atoms with Crippen molar-refractivity contribution in [1.82, 2.24) is 10.0 Å². The van der Waals surface area contributed by atoms with E-state index in [9.17, 15) is 18.0 Å². The van der Waals surface area contributed by atoms with Crippen molar-refractivity contribution in [3.8, 4) is 0 Å². The number of benzene rings is 2. The lowest BCUT2D eigenvalue weighted by Crippen LogP contribution is -2.27. The fraction of sp³-hybridized carbons (Fsp3) is 0.263. The number of amides is 2. The molecule has 2 aromatic rings. The lowest BCUT2D eigenvalue weighted by molar-refractivity contribution is -0.115. The molecule has 8 nitrogen and oxygen atoms in total. The fourth-order valence-electron chi connectivity index (χ4n) is 2.80. The van der Waals surface area contributed by atoms with Crippen molar-refractivity contribution in [3.05, 3.63) is 59.2 Å². The average Bonchev–Trinajstić information content (AvgIpc) is 3.05. The summed E-state index contributed by atoms with van der Waals surface area (Å²) in [5.74, 6) is -0.348. The Labute approximate surface area is 163 Å². The molecule has 0 unspecified atom stereocenters. The molecule has 0 spiro atoms. The minimum Gasteiger partial charge on any atom is -0.383 e. The molecule has 28 heavy (non-hydrogen) atoms. The largest absolute Gasteiger partial charge is 0.383 e. The van der Waals surface area contributed by atoms with Gasteiger partial charge in [0.25, 0.3) is 5.91 Å². The van der Waals surface area contributed by atoms with E-state index in [0.717, 1.165) is 16.8 Å². The first-order chi connectivity index (χ1) is 13.4. The van der Waals surface area contributed by atoms with E-state index in [-0.39, 0.29) is 42.8 Å². The molecule has 1 aliphatic heterocycles. The number of hydrogen-bond donors (Lipinski definition) is 3. The quantitative estimate of drug-likeness (QED) is 0.570. The zero-order valence-electron chi connectivity index (χ0n) is 15.3. The van der Waals surface area contributed by atoms with Gasteiger partial charge in [0.2, 0.25) is 15.9 Å². The Balaban J connectivity index is 1.58. The Morgan fingerprint density at radius 1 is 1.18 bits per heavy atom. The number of carbonyl (C=O) groups excluding carboxylic acids is 2. The normalized spacial score (nSPS) is 13.1. The van der Waals surface area contributed by atoms with E-state index in [1.54, 1.807) is 30.3 Å². The van der Waals surface area contributed by atoms with Gasteiger partial charge in [0, 0.05) is 31.5 Å². The lowest BCUT2D eigenvalue weighted by Gasteiger charge is -2.09. The summed E-state index contributed by atoms with van der Waals surface area (Å²) in [6.07, 6.45) is 0.269. The topological polar surface area (TPSA) is 114 Å². The number of anilines is 1. The van der Waals surface area contributed by atoms with Crippen molar-refractivity contribution < 1.29 is 22.7 Å². The zero-order chi connectivity index (χ0) is 20.1. The average molecular weight is 403 g/mol. The second kappa shape index (κ2) is 8.51. The van der Waals surface area contributed by atoms with Gasteiger partial charge >= 0.3 is 0 Å². The van der Waals surface area contributed by atoms with E-state index < -0.39 is 10.0 Å². The summed E-state index contributed by atoms with van der Waals surface area (Å²) in [7, 11) is -2.09. The van der Waals surface area contributed by atoms with Gasteiger partial charge in [-0.3, -0.25) is 9.59 Å². The molecular weight excluding hydrogens is 382 g/mol. The van der Waals surface area contributed by atoms with Gasteiger partial charge in [0.15, 0.2) is 0 Å². The molecule has 0 saturated heterocycles. The highest BCUT2D eigenvalue weighted by molar-refractivity contribution is 7.89. The Bertz CT molecular complexity index is 987. The Morgan fingerprint density at radius 2 is 1.93 bits per heavy atom. The summed E-state index contributed by atoms with van der Waals surface area (Å²) < 4.78 is 31.5. The zero-order valence-corrected chi connectivity index (χ0v) is 16.1. The molecular formula is C19H21N3O5S. The maximum atomic E-state index is 12.3. The number of carbonyl (C=O) groups is 2. The molecule has 0 radical (unpaired) electrons. The van der Waals surface area contributed by atoms with Crippen LogP contribution >= 0.6 is 0 Å². The molecule has 0 aromatic heterocycles. The van der Waals surface area contributed by atoms with Crippen LogP contribution in [-0.2, 0) is 32.5 Å². The Morgan fingerprint density at radius 3 is 2.64 bits per heavy atom. The molecule has 2 amide bonds. The summed E-state index contributed by atoms with van der Waals surface area (Å²) in [5, 5.41) is 5.51. The molecule has 9 heteroatoms. The molecule has 0 aliphatic carbocycles. The summed E-state index contributed by atoms with van der Waals surface area (Å²) in [6, 6.07) is 11.3. The van der Waals surface area contributed by atoms with E-state index in [4.69, 9.17) is 4.74 Å². The Hall–Kier alpha value is -2.75. The molecule has 3 N–H and O–H groups in total. The third kappa shape index (κ3) is 4.75. The van der Waals surface area contributed by atoms with Crippen LogP contribution in [0, 0.1) is 0 Å². The molecule has 0 saturated carbocycles. The molecule has 3 rings (SSSR count). The van der Waals surface area contributed by atoms with Gasteiger partial charge in [-0.05, 0) is 41.5 Å². The highest BCUT2D eigenvalue weighted by Gasteiger charge is 2.19. The number of rotatable bonds is 8. The maximum Gasteiger partial charge on any atom is 0.251 e. The van der Waals surface area contributed by atoms with E-state index in [1.165, 1.54) is 19.2 Å². The predicted molar refractivity (Wildman–Crippen MR) is 103 cm³/mol. The van der Waals surface area contributed by atoms with Crippen molar-refractivity contribution in [2.24, 2.45) is 0 Å². The van der Waals surface area contributed by atoms with Gasteiger partial charge in [-0.2, -0.15) is 0 Å². The van der Waals surface area contributed by atoms with Crippen molar-refractivity contribution in [2.75, 3.05) is 25.6 Å². The lowest BCUT2D eigenvalue weighted by atomic mass is 10.1. The number of fused-ring (bicyclic) bond motifs is 1. The van der Waals surface area contributed by atoms with Crippen LogP contribution in [-0.4, -0.2) is 40.5 Å². The van der Waals surface area contributed by atoms with Gasteiger partial charge < -0.3 is 15.4 Å². The summed E-state index contributed by atoms with van der Waals surface area (Å²) in [4.78, 5) is 23.9. The maximum absolute atomic E-state index is 12.3. The monoisotopic (exact) mass is 403 g/mol. The van der Waals surface area contributed by atoms with Crippen LogP contribution in [0.3, 0.4) is 0 Å². The van der Waals surface area contributed by atoms with Crippen LogP contribution < -0.4 is 15.4 Å². The summed E-state index contributed by atoms with van der Waals surface area (Å²) in [5.41, 5.74) is 2.77. The van der Waals surface area contributed by atoms with E-state index in [0.29, 0.717) is 5.56 Å². The predicted octanol–water partition coefficient (Wildman–Crippen LogP) is 1.04.